The highest BCUT2D eigenvalue weighted by Crippen LogP contribution is 2.14. The molecule has 0 aliphatic carbocycles. The van der Waals surface area contributed by atoms with E-state index in [1.165, 1.54) is 89.9 Å². The maximum atomic E-state index is 12.2. The summed E-state index contributed by atoms with van der Waals surface area (Å²) in [6.45, 7) is 3.95. The third-order valence-corrected chi connectivity index (χ3v) is 9.22. The molecule has 5 heteroatoms. The number of unbranched alkanes of at least 4 members (excludes halogenated alkanes) is 19. The van der Waals surface area contributed by atoms with Crippen molar-refractivity contribution in [1.82, 2.24) is 0 Å². The van der Waals surface area contributed by atoms with Crippen molar-refractivity contribution in [3.8, 4) is 0 Å². The summed E-state index contributed by atoms with van der Waals surface area (Å²) in [4.78, 5) is 24.2. The van der Waals surface area contributed by atoms with Gasteiger partial charge in [-0.05, 0) is 77.0 Å². The molecule has 0 saturated heterocycles. The van der Waals surface area contributed by atoms with E-state index in [2.05, 4.69) is 86.8 Å². The Kier molecular flexibility index (Phi) is 41.5. The summed E-state index contributed by atoms with van der Waals surface area (Å²) < 4.78 is 10.6. The summed E-state index contributed by atoms with van der Waals surface area (Å²) in [7, 11) is 0. The minimum atomic E-state index is -0.776. The summed E-state index contributed by atoms with van der Waals surface area (Å²) in [6, 6.07) is 0. The van der Waals surface area contributed by atoms with Crippen LogP contribution in [0.4, 0.5) is 0 Å². The molecule has 5 nitrogen and oxygen atoms in total. The third-order valence-electron chi connectivity index (χ3n) is 9.22. The Bertz CT molecular complexity index is 972. The zero-order valence-corrected chi connectivity index (χ0v) is 34.5. The van der Waals surface area contributed by atoms with Crippen molar-refractivity contribution < 1.29 is 24.2 Å². The highest BCUT2D eigenvalue weighted by Gasteiger charge is 2.16. The van der Waals surface area contributed by atoms with Crippen molar-refractivity contribution in [3.63, 3.8) is 0 Å². The van der Waals surface area contributed by atoms with Gasteiger partial charge in [0, 0.05) is 12.8 Å². The van der Waals surface area contributed by atoms with Crippen molar-refractivity contribution >= 4 is 11.9 Å². The monoisotopic (exact) mass is 739 g/mol. The van der Waals surface area contributed by atoms with Crippen LogP contribution in [0.3, 0.4) is 0 Å². The van der Waals surface area contributed by atoms with Crippen LogP contribution in [0.25, 0.3) is 0 Å². The molecular formula is C48H82O5. The van der Waals surface area contributed by atoms with Gasteiger partial charge in [-0.2, -0.15) is 0 Å². The van der Waals surface area contributed by atoms with Gasteiger partial charge in [0.2, 0.25) is 0 Å². The molecule has 0 fully saturated rings. The van der Waals surface area contributed by atoms with Gasteiger partial charge in [0.1, 0.15) is 6.61 Å². The predicted octanol–water partition coefficient (Wildman–Crippen LogP) is 14.1. The largest absolute Gasteiger partial charge is 0.462 e. The summed E-state index contributed by atoms with van der Waals surface area (Å²) in [5, 5.41) is 9.55. The van der Waals surface area contributed by atoms with Gasteiger partial charge in [0.25, 0.3) is 0 Å². The molecule has 304 valence electrons. The Labute approximate surface area is 327 Å². The van der Waals surface area contributed by atoms with Crippen LogP contribution >= 0.6 is 0 Å². The van der Waals surface area contributed by atoms with Gasteiger partial charge in [-0.25, -0.2) is 0 Å². The number of ether oxygens (including phenoxy) is 2. The molecule has 0 aromatic rings. The van der Waals surface area contributed by atoms with Crippen LogP contribution in [-0.4, -0.2) is 36.4 Å². The summed E-state index contributed by atoms with van der Waals surface area (Å²) in [5.41, 5.74) is 0. The molecule has 1 unspecified atom stereocenters. The first-order chi connectivity index (χ1) is 26.1. The second-order valence-electron chi connectivity index (χ2n) is 14.4. The summed E-state index contributed by atoms with van der Waals surface area (Å²) in [6.07, 6.45) is 58.5. The minimum Gasteiger partial charge on any atom is -0.462 e. The van der Waals surface area contributed by atoms with E-state index in [9.17, 15) is 14.7 Å². The number of aliphatic hydroxyl groups is 1. The molecule has 0 spiro atoms. The number of esters is 2. The first kappa shape index (κ1) is 50.3. The standard InChI is InChI=1S/C48H82O5/c1-3-5-7-9-11-13-15-16-17-18-19-20-21-22-23-24-25-26-27-28-29-30-31-32-33-35-37-39-41-43-48(51)53-46(44-49)45-52-47(50)42-40-38-36-34-14-12-10-8-6-4-2/h5,7-8,10-11,13,16-17,19-20,22-23,46,49H,3-4,6,9,12,14-15,18,21,24-45H2,1-2H3/b7-5-,10-8-,13-11-,17-16-,20-19-,23-22-. The van der Waals surface area contributed by atoms with Gasteiger partial charge in [-0.3, -0.25) is 9.59 Å². The Morgan fingerprint density at radius 3 is 1.25 bits per heavy atom. The fourth-order valence-corrected chi connectivity index (χ4v) is 5.94. The molecule has 1 atom stereocenters. The lowest BCUT2D eigenvalue weighted by Gasteiger charge is -2.15. The number of hydrogen-bond acceptors (Lipinski definition) is 5. The molecular weight excluding hydrogens is 657 g/mol. The molecule has 0 saturated carbocycles. The molecule has 0 aliphatic rings. The van der Waals surface area contributed by atoms with Gasteiger partial charge in [-0.1, -0.05) is 183 Å². The lowest BCUT2D eigenvalue weighted by atomic mass is 10.0. The van der Waals surface area contributed by atoms with Gasteiger partial charge in [0.15, 0.2) is 6.10 Å². The van der Waals surface area contributed by atoms with E-state index < -0.39 is 6.10 Å². The second kappa shape index (κ2) is 43.7. The number of hydrogen-bond donors (Lipinski definition) is 1. The van der Waals surface area contributed by atoms with Crippen LogP contribution in [0.15, 0.2) is 72.9 Å². The highest BCUT2D eigenvalue weighted by atomic mass is 16.6. The maximum Gasteiger partial charge on any atom is 0.306 e. The fourth-order valence-electron chi connectivity index (χ4n) is 5.94. The van der Waals surface area contributed by atoms with Gasteiger partial charge in [-0.15, -0.1) is 0 Å². The first-order valence-corrected chi connectivity index (χ1v) is 22.0. The number of allylic oxidation sites excluding steroid dienone is 12. The topological polar surface area (TPSA) is 72.8 Å². The van der Waals surface area contributed by atoms with E-state index in [1.54, 1.807) is 0 Å². The Balaban J connectivity index is 3.51. The van der Waals surface area contributed by atoms with E-state index in [1.807, 2.05) is 0 Å². The average Bonchev–Trinajstić information content (AvgIpc) is 3.16. The molecule has 0 radical (unpaired) electrons. The first-order valence-electron chi connectivity index (χ1n) is 22.0. The number of rotatable bonds is 39. The number of aliphatic hydroxyl groups excluding tert-OH is 1. The van der Waals surface area contributed by atoms with Crippen molar-refractivity contribution in [3.05, 3.63) is 72.9 Å². The second-order valence-corrected chi connectivity index (χ2v) is 14.4. The average molecular weight is 739 g/mol. The third kappa shape index (κ3) is 42.0. The van der Waals surface area contributed by atoms with Gasteiger partial charge < -0.3 is 14.6 Å². The fraction of sp³-hybridized carbons (Fsp3) is 0.708. The van der Waals surface area contributed by atoms with Crippen molar-refractivity contribution in [2.75, 3.05) is 13.2 Å². The molecule has 0 aliphatic heterocycles. The molecule has 0 rings (SSSR count). The van der Waals surface area contributed by atoms with Crippen molar-refractivity contribution in [1.29, 1.82) is 0 Å². The van der Waals surface area contributed by atoms with E-state index in [4.69, 9.17) is 9.47 Å². The molecule has 0 aromatic heterocycles. The Hall–Kier alpha value is -2.66. The van der Waals surface area contributed by atoms with E-state index >= 15 is 0 Å². The van der Waals surface area contributed by atoms with Crippen LogP contribution in [0, 0.1) is 0 Å². The van der Waals surface area contributed by atoms with Crippen LogP contribution in [-0.2, 0) is 19.1 Å². The predicted molar refractivity (Wildman–Crippen MR) is 228 cm³/mol. The molecule has 0 bridgehead atoms. The zero-order chi connectivity index (χ0) is 38.6. The zero-order valence-electron chi connectivity index (χ0n) is 34.5. The quantitative estimate of drug-likeness (QED) is 0.0386. The smallest absolute Gasteiger partial charge is 0.306 e. The van der Waals surface area contributed by atoms with E-state index in [0.717, 1.165) is 83.5 Å². The SMILES string of the molecule is CC/C=C\C/C=C\C/C=C\C/C=C\C/C=C\CCCCCCCCCCCCCCCC(=O)OC(CO)COC(=O)CCCCCCC/C=C\CCC. The minimum absolute atomic E-state index is 0.0724. The van der Waals surface area contributed by atoms with Crippen molar-refractivity contribution in [2.45, 2.75) is 206 Å². The van der Waals surface area contributed by atoms with Crippen molar-refractivity contribution in [2.24, 2.45) is 0 Å². The van der Waals surface area contributed by atoms with Gasteiger partial charge >= 0.3 is 11.9 Å². The van der Waals surface area contributed by atoms with Crippen LogP contribution < -0.4 is 0 Å². The van der Waals surface area contributed by atoms with Gasteiger partial charge in [0.05, 0.1) is 6.61 Å². The van der Waals surface area contributed by atoms with E-state index in [0.29, 0.717) is 12.8 Å². The Morgan fingerprint density at radius 1 is 0.453 bits per heavy atom. The lowest BCUT2D eigenvalue weighted by molar-refractivity contribution is -0.161. The molecule has 0 heterocycles. The highest BCUT2D eigenvalue weighted by molar-refractivity contribution is 5.70. The number of carbonyl (C=O) groups excluding carboxylic acids is 2. The summed E-state index contributed by atoms with van der Waals surface area (Å²) in [5.74, 6) is -0.607. The van der Waals surface area contributed by atoms with Crippen LogP contribution in [0.2, 0.25) is 0 Å². The molecule has 0 aromatic carbocycles. The van der Waals surface area contributed by atoms with E-state index in [-0.39, 0.29) is 25.2 Å². The number of carbonyl (C=O) groups is 2. The Morgan fingerprint density at radius 2 is 0.811 bits per heavy atom. The normalized spacial score (nSPS) is 12.9. The maximum absolute atomic E-state index is 12.2. The summed E-state index contributed by atoms with van der Waals surface area (Å²) >= 11 is 0. The molecule has 0 amide bonds. The molecule has 53 heavy (non-hydrogen) atoms. The molecule has 1 N–H and O–H groups in total. The van der Waals surface area contributed by atoms with Crippen LogP contribution in [0.1, 0.15) is 200 Å². The van der Waals surface area contributed by atoms with Crippen LogP contribution in [0.5, 0.6) is 0 Å². The lowest BCUT2D eigenvalue weighted by Crippen LogP contribution is -2.28.